The third-order valence-electron chi connectivity index (χ3n) is 3.38. The van der Waals surface area contributed by atoms with Crippen LogP contribution in [0.1, 0.15) is 52.5 Å². The van der Waals surface area contributed by atoms with Crippen LogP contribution in [0, 0.1) is 13.8 Å². The number of hydrogen-bond acceptors (Lipinski definition) is 6. The van der Waals surface area contributed by atoms with Gasteiger partial charge in [0.15, 0.2) is 5.82 Å². The molecular weight excluding hydrogens is 274 g/mol. The first-order valence-electron chi connectivity index (χ1n) is 6.93. The lowest BCUT2D eigenvalue weighted by molar-refractivity contribution is 0.0835. The highest BCUT2D eigenvalue weighted by atomic mass is 16.5. The average Bonchev–Trinajstić information content (AvgIpc) is 3.15. The summed E-state index contributed by atoms with van der Waals surface area (Å²) in [6, 6.07) is 1.71. The van der Waals surface area contributed by atoms with Crippen molar-refractivity contribution < 1.29 is 18.5 Å². The molecule has 112 valence electrons. The lowest BCUT2D eigenvalue weighted by Crippen LogP contribution is -2.23. The standard InChI is InChI=1S/C14H17N3O4/c1-8-6-10(9(2)20-8)13(18)15-7-12-16-14(21-17-12)11-4-3-5-19-11/h6,11H,3-5,7H2,1-2H3,(H,15,18)/t11-/m1/s1. The molecule has 0 unspecified atom stereocenters. The molecule has 1 N–H and O–H groups in total. The minimum absolute atomic E-state index is 0.110. The molecule has 2 aromatic heterocycles. The highest BCUT2D eigenvalue weighted by molar-refractivity contribution is 5.95. The van der Waals surface area contributed by atoms with Gasteiger partial charge in [-0.1, -0.05) is 5.16 Å². The third-order valence-corrected chi connectivity index (χ3v) is 3.38. The summed E-state index contributed by atoms with van der Waals surface area (Å²) in [5.74, 6) is 2.00. The second kappa shape index (κ2) is 5.69. The number of carbonyl (C=O) groups is 1. The van der Waals surface area contributed by atoms with E-state index in [9.17, 15) is 4.79 Å². The quantitative estimate of drug-likeness (QED) is 0.927. The highest BCUT2D eigenvalue weighted by Gasteiger charge is 2.24. The predicted octanol–water partition coefficient (Wildman–Crippen LogP) is 2.06. The number of aromatic nitrogens is 2. The van der Waals surface area contributed by atoms with Gasteiger partial charge >= 0.3 is 0 Å². The molecule has 0 radical (unpaired) electrons. The summed E-state index contributed by atoms with van der Waals surface area (Å²) in [6.45, 7) is 4.49. The Kier molecular flexibility index (Phi) is 3.74. The van der Waals surface area contributed by atoms with E-state index in [4.69, 9.17) is 13.7 Å². The summed E-state index contributed by atoms with van der Waals surface area (Å²) < 4.78 is 16.0. The van der Waals surface area contributed by atoms with Gasteiger partial charge in [0.25, 0.3) is 11.8 Å². The zero-order valence-electron chi connectivity index (χ0n) is 12.0. The van der Waals surface area contributed by atoms with Crippen LogP contribution in [0.2, 0.25) is 0 Å². The lowest BCUT2D eigenvalue weighted by atomic mass is 10.2. The summed E-state index contributed by atoms with van der Waals surface area (Å²) in [5, 5.41) is 6.60. The van der Waals surface area contributed by atoms with Crippen molar-refractivity contribution in [2.75, 3.05) is 6.61 Å². The smallest absolute Gasteiger partial charge is 0.255 e. The fourth-order valence-corrected chi connectivity index (χ4v) is 2.35. The van der Waals surface area contributed by atoms with Gasteiger partial charge in [-0.05, 0) is 32.8 Å². The van der Waals surface area contributed by atoms with Gasteiger partial charge in [-0.25, -0.2) is 0 Å². The van der Waals surface area contributed by atoms with Crippen LogP contribution in [0.25, 0.3) is 0 Å². The Morgan fingerprint density at radius 2 is 2.33 bits per heavy atom. The topological polar surface area (TPSA) is 90.4 Å². The number of ether oxygens (including phenoxy) is 1. The average molecular weight is 291 g/mol. The van der Waals surface area contributed by atoms with Crippen LogP contribution in [0.15, 0.2) is 15.0 Å². The molecule has 7 heteroatoms. The minimum atomic E-state index is -0.215. The van der Waals surface area contributed by atoms with E-state index in [1.165, 1.54) is 0 Å². The zero-order chi connectivity index (χ0) is 14.8. The number of furan rings is 1. The van der Waals surface area contributed by atoms with Crippen molar-refractivity contribution in [1.82, 2.24) is 15.5 Å². The van der Waals surface area contributed by atoms with Crippen molar-refractivity contribution >= 4 is 5.91 Å². The van der Waals surface area contributed by atoms with Gasteiger partial charge in [-0.15, -0.1) is 0 Å². The lowest BCUT2D eigenvalue weighted by Gasteiger charge is -2.01. The zero-order valence-corrected chi connectivity index (χ0v) is 12.0. The summed E-state index contributed by atoms with van der Waals surface area (Å²) in [5.41, 5.74) is 0.523. The monoisotopic (exact) mass is 291 g/mol. The second-order valence-electron chi connectivity index (χ2n) is 5.06. The van der Waals surface area contributed by atoms with Crippen LogP contribution in [-0.2, 0) is 11.3 Å². The number of aryl methyl sites for hydroxylation is 2. The number of nitrogens with one attached hydrogen (secondary N) is 1. The molecule has 0 aromatic carbocycles. The predicted molar refractivity (Wildman–Crippen MR) is 71.6 cm³/mol. The Labute approximate surface area is 121 Å². The van der Waals surface area contributed by atoms with Gasteiger partial charge in [0.1, 0.15) is 17.6 Å². The molecule has 1 fully saturated rings. The molecule has 0 saturated carbocycles. The van der Waals surface area contributed by atoms with Gasteiger partial charge in [0, 0.05) is 6.61 Å². The molecule has 1 amide bonds. The maximum atomic E-state index is 12.0. The molecule has 1 saturated heterocycles. The first-order valence-corrected chi connectivity index (χ1v) is 6.93. The molecule has 2 aromatic rings. The van der Waals surface area contributed by atoms with Crippen LogP contribution >= 0.6 is 0 Å². The summed E-state index contributed by atoms with van der Waals surface area (Å²) in [6.07, 6.45) is 1.78. The summed E-state index contributed by atoms with van der Waals surface area (Å²) in [7, 11) is 0. The molecule has 0 bridgehead atoms. The fraction of sp³-hybridized carbons (Fsp3) is 0.500. The van der Waals surface area contributed by atoms with Gasteiger partial charge in [0.2, 0.25) is 0 Å². The van der Waals surface area contributed by atoms with Crippen LogP contribution in [-0.4, -0.2) is 22.7 Å². The molecule has 3 heterocycles. The highest BCUT2D eigenvalue weighted by Crippen LogP contribution is 2.26. The molecule has 7 nitrogen and oxygen atoms in total. The van der Waals surface area contributed by atoms with E-state index in [1.807, 2.05) is 0 Å². The SMILES string of the molecule is Cc1cc(C(=O)NCc2noc([C@H]3CCCO3)n2)c(C)o1. The van der Waals surface area contributed by atoms with E-state index in [0.717, 1.165) is 19.4 Å². The summed E-state index contributed by atoms with van der Waals surface area (Å²) >= 11 is 0. The molecule has 0 spiro atoms. The fourth-order valence-electron chi connectivity index (χ4n) is 2.35. The Hall–Kier alpha value is -2.15. The van der Waals surface area contributed by atoms with Crippen molar-refractivity contribution in [2.45, 2.75) is 39.3 Å². The normalized spacial score (nSPS) is 18.1. The van der Waals surface area contributed by atoms with Gasteiger partial charge in [0.05, 0.1) is 12.1 Å². The first kappa shape index (κ1) is 13.8. The van der Waals surface area contributed by atoms with Gasteiger partial charge in [-0.3, -0.25) is 4.79 Å². The van der Waals surface area contributed by atoms with E-state index >= 15 is 0 Å². The van der Waals surface area contributed by atoms with Crippen LogP contribution in [0.5, 0.6) is 0 Å². The Bertz CT molecular complexity index is 640. The minimum Gasteiger partial charge on any atom is -0.466 e. The molecule has 1 aliphatic heterocycles. The van der Waals surface area contributed by atoms with E-state index < -0.39 is 0 Å². The van der Waals surface area contributed by atoms with Crippen molar-refractivity contribution in [3.63, 3.8) is 0 Å². The second-order valence-corrected chi connectivity index (χ2v) is 5.06. The maximum absolute atomic E-state index is 12.0. The van der Waals surface area contributed by atoms with Gasteiger partial charge in [-0.2, -0.15) is 4.98 Å². The number of amides is 1. The molecule has 3 rings (SSSR count). The van der Waals surface area contributed by atoms with Crippen LogP contribution in [0.3, 0.4) is 0 Å². The molecule has 1 aliphatic rings. The molecule has 0 aliphatic carbocycles. The van der Waals surface area contributed by atoms with Crippen LogP contribution < -0.4 is 5.32 Å². The molecular formula is C14H17N3O4. The number of nitrogens with zero attached hydrogens (tertiary/aromatic N) is 2. The van der Waals surface area contributed by atoms with Crippen molar-refractivity contribution in [3.05, 3.63) is 34.9 Å². The van der Waals surface area contributed by atoms with Crippen molar-refractivity contribution in [1.29, 1.82) is 0 Å². The number of hydrogen-bond donors (Lipinski definition) is 1. The Morgan fingerprint density at radius 3 is 3.00 bits per heavy atom. The van der Waals surface area contributed by atoms with Crippen LogP contribution in [0.4, 0.5) is 0 Å². The Balaban J connectivity index is 1.60. The summed E-state index contributed by atoms with van der Waals surface area (Å²) in [4.78, 5) is 16.3. The first-order chi connectivity index (χ1) is 10.1. The van der Waals surface area contributed by atoms with E-state index in [2.05, 4.69) is 15.5 Å². The van der Waals surface area contributed by atoms with E-state index in [-0.39, 0.29) is 18.6 Å². The van der Waals surface area contributed by atoms with E-state index in [0.29, 0.717) is 28.8 Å². The maximum Gasteiger partial charge on any atom is 0.255 e. The van der Waals surface area contributed by atoms with Gasteiger partial charge < -0.3 is 19.0 Å². The van der Waals surface area contributed by atoms with E-state index in [1.54, 1.807) is 19.9 Å². The van der Waals surface area contributed by atoms with Crippen molar-refractivity contribution in [3.8, 4) is 0 Å². The largest absolute Gasteiger partial charge is 0.466 e. The number of carbonyl (C=O) groups excluding carboxylic acids is 1. The van der Waals surface area contributed by atoms with Crippen molar-refractivity contribution in [2.24, 2.45) is 0 Å². The number of rotatable bonds is 4. The molecule has 1 atom stereocenters. The Morgan fingerprint density at radius 1 is 1.48 bits per heavy atom. The third kappa shape index (κ3) is 2.97. The molecule has 21 heavy (non-hydrogen) atoms.